The number of aliphatic hydroxyl groups is 5. The van der Waals surface area contributed by atoms with E-state index < -0.39 is 73.4 Å². The molecule has 0 saturated carbocycles. The van der Waals surface area contributed by atoms with Crippen LogP contribution in [-0.4, -0.2) is 93.2 Å². The molecule has 0 aliphatic carbocycles. The lowest BCUT2D eigenvalue weighted by atomic mass is 9.96. The van der Waals surface area contributed by atoms with Gasteiger partial charge in [-0.05, 0) is 6.08 Å². The van der Waals surface area contributed by atoms with E-state index in [0.29, 0.717) is 6.08 Å². The van der Waals surface area contributed by atoms with Crippen molar-refractivity contribution in [1.82, 2.24) is 5.32 Å². The van der Waals surface area contributed by atoms with E-state index in [0.717, 1.165) is 6.92 Å². The second kappa shape index (κ2) is 8.26. The zero-order chi connectivity index (χ0) is 19.6. The minimum atomic E-state index is -1.77. The van der Waals surface area contributed by atoms with Crippen LogP contribution in [0.25, 0.3) is 0 Å². The fraction of sp³-hybridized carbons (Fsp3) is 0.714. The van der Waals surface area contributed by atoms with Gasteiger partial charge in [-0.3, -0.25) is 4.79 Å². The quantitative estimate of drug-likeness (QED) is 0.267. The highest BCUT2D eigenvalue weighted by Crippen LogP contribution is 2.27. The molecule has 0 unspecified atom stereocenters. The molecule has 12 nitrogen and oxygen atoms in total. The Morgan fingerprint density at radius 3 is 2.46 bits per heavy atom. The lowest BCUT2D eigenvalue weighted by Crippen LogP contribution is -2.66. The van der Waals surface area contributed by atoms with Gasteiger partial charge in [-0.2, -0.15) is 0 Å². The van der Waals surface area contributed by atoms with E-state index in [4.69, 9.17) is 14.2 Å². The van der Waals surface area contributed by atoms with Crippen LogP contribution < -0.4 is 10.4 Å². The number of hydrogen-bond donors (Lipinski definition) is 6. The van der Waals surface area contributed by atoms with Crippen molar-refractivity contribution < 1.29 is 54.4 Å². The lowest BCUT2D eigenvalue weighted by molar-refractivity contribution is -0.320. The van der Waals surface area contributed by atoms with Gasteiger partial charge in [0.15, 0.2) is 6.29 Å². The standard InChI is InChI=1S/C14H21NO11/c1-4(17)15-8-11(10(20)7(3-16)24-13(8)23)26-14-9(19)5(18)2-6(25-14)12(21)22/h2,5,7-11,13-14,16,18-20,23H,3H2,1H3,(H,15,17)(H,21,22)/p-1/t5-,7+,8+,9+,10-,11+,13+,14-/m0/s1. The van der Waals surface area contributed by atoms with Crippen molar-refractivity contribution in [2.45, 2.75) is 56.1 Å². The van der Waals surface area contributed by atoms with Crippen LogP contribution in [-0.2, 0) is 23.8 Å². The monoisotopic (exact) mass is 378 g/mol. The van der Waals surface area contributed by atoms with Crippen LogP contribution >= 0.6 is 0 Å². The van der Waals surface area contributed by atoms with E-state index >= 15 is 0 Å². The first-order chi connectivity index (χ1) is 12.1. The van der Waals surface area contributed by atoms with Gasteiger partial charge < -0.3 is 55.0 Å². The average Bonchev–Trinajstić information content (AvgIpc) is 2.56. The zero-order valence-corrected chi connectivity index (χ0v) is 13.6. The summed E-state index contributed by atoms with van der Waals surface area (Å²) in [6.45, 7) is 0.423. The van der Waals surface area contributed by atoms with Crippen LogP contribution in [0.15, 0.2) is 11.8 Å². The minimum Gasteiger partial charge on any atom is -0.542 e. The fourth-order valence-electron chi connectivity index (χ4n) is 2.66. The van der Waals surface area contributed by atoms with Crippen molar-refractivity contribution in [3.8, 4) is 0 Å². The third kappa shape index (κ3) is 4.29. The molecule has 0 aromatic heterocycles. The molecule has 148 valence electrons. The Morgan fingerprint density at radius 1 is 1.27 bits per heavy atom. The maximum absolute atomic E-state index is 11.3. The van der Waals surface area contributed by atoms with Gasteiger partial charge in [0.25, 0.3) is 0 Å². The Morgan fingerprint density at radius 2 is 1.92 bits per heavy atom. The number of aliphatic carboxylic acids is 1. The van der Waals surface area contributed by atoms with Gasteiger partial charge in [0.2, 0.25) is 12.2 Å². The zero-order valence-electron chi connectivity index (χ0n) is 13.6. The minimum absolute atomic E-state index is 0.610. The summed E-state index contributed by atoms with van der Waals surface area (Å²) in [7, 11) is 0. The van der Waals surface area contributed by atoms with E-state index in [2.05, 4.69) is 5.32 Å². The van der Waals surface area contributed by atoms with E-state index in [1.807, 2.05) is 0 Å². The third-order valence-corrected chi connectivity index (χ3v) is 3.93. The van der Waals surface area contributed by atoms with Gasteiger partial charge in [-0.15, -0.1) is 0 Å². The molecule has 0 bridgehead atoms. The van der Waals surface area contributed by atoms with Gasteiger partial charge in [-0.25, -0.2) is 0 Å². The molecule has 6 N–H and O–H groups in total. The fourth-order valence-corrected chi connectivity index (χ4v) is 2.66. The largest absolute Gasteiger partial charge is 0.542 e. The predicted molar refractivity (Wildman–Crippen MR) is 76.4 cm³/mol. The smallest absolute Gasteiger partial charge is 0.229 e. The molecular formula is C14H20NO11-. The molecule has 1 saturated heterocycles. The van der Waals surface area contributed by atoms with Crippen LogP contribution in [0.5, 0.6) is 0 Å². The van der Waals surface area contributed by atoms with E-state index in [1.54, 1.807) is 0 Å². The SMILES string of the molecule is CC(=O)N[C@@H]1[C@@H](O[C@@H]2OC(C(=O)[O-])=C[C@H](O)[C@H]2O)[C@@H](O)[C@@H](CO)O[C@H]1O. The normalized spacial score (nSPS) is 40.3. The maximum Gasteiger partial charge on any atom is 0.229 e. The number of ether oxygens (including phenoxy) is 3. The second-order valence-electron chi connectivity index (χ2n) is 5.85. The molecule has 2 aliphatic rings. The molecule has 2 aliphatic heterocycles. The highest BCUT2D eigenvalue weighted by Gasteiger charge is 2.48. The first kappa shape index (κ1) is 20.5. The van der Waals surface area contributed by atoms with Crippen molar-refractivity contribution in [3.05, 3.63) is 11.8 Å². The molecule has 1 amide bonds. The molecule has 8 atom stereocenters. The molecule has 0 spiro atoms. The summed E-state index contributed by atoms with van der Waals surface area (Å²) in [6, 6.07) is -1.34. The molecule has 1 fully saturated rings. The lowest BCUT2D eigenvalue weighted by Gasteiger charge is -2.44. The summed E-state index contributed by atoms with van der Waals surface area (Å²) >= 11 is 0. The first-order valence-corrected chi connectivity index (χ1v) is 7.66. The van der Waals surface area contributed by atoms with E-state index in [9.17, 15) is 40.2 Å². The number of aliphatic hydroxyl groups excluding tert-OH is 5. The molecule has 2 rings (SSSR count). The highest BCUT2D eigenvalue weighted by molar-refractivity contribution is 5.82. The van der Waals surface area contributed by atoms with Crippen molar-refractivity contribution in [2.75, 3.05) is 6.61 Å². The number of nitrogens with one attached hydrogen (secondary N) is 1. The maximum atomic E-state index is 11.3. The molecular weight excluding hydrogens is 358 g/mol. The molecule has 0 aromatic rings. The average molecular weight is 378 g/mol. The summed E-state index contributed by atoms with van der Waals surface area (Å²) in [5.41, 5.74) is 0. The van der Waals surface area contributed by atoms with Gasteiger partial charge in [0.1, 0.15) is 48.3 Å². The Labute approximate surface area is 147 Å². The van der Waals surface area contributed by atoms with Gasteiger partial charge in [0.05, 0.1) is 6.61 Å². The topological polar surface area (TPSA) is 198 Å². The summed E-state index contributed by atoms with van der Waals surface area (Å²) in [5, 5.41) is 62.3. The molecule has 0 radical (unpaired) electrons. The number of carbonyl (C=O) groups is 2. The van der Waals surface area contributed by atoms with Gasteiger partial charge in [0, 0.05) is 6.92 Å². The number of carboxylic acid groups (broad SMARTS) is 1. The predicted octanol–water partition coefficient (Wildman–Crippen LogP) is -5.34. The molecule has 26 heavy (non-hydrogen) atoms. The Kier molecular flexibility index (Phi) is 6.52. The summed E-state index contributed by atoms with van der Waals surface area (Å²) in [5.74, 6) is -3.19. The van der Waals surface area contributed by atoms with E-state index in [-0.39, 0.29) is 0 Å². The van der Waals surface area contributed by atoms with Crippen molar-refractivity contribution in [3.63, 3.8) is 0 Å². The summed E-state index contributed by atoms with van der Waals surface area (Å²) in [4.78, 5) is 22.2. The third-order valence-electron chi connectivity index (χ3n) is 3.93. The Bertz CT molecular complexity index is 567. The number of hydrogen-bond acceptors (Lipinski definition) is 11. The van der Waals surface area contributed by atoms with Crippen LogP contribution in [0.3, 0.4) is 0 Å². The van der Waals surface area contributed by atoms with Crippen LogP contribution in [0, 0.1) is 0 Å². The number of carboxylic acids is 1. The molecule has 2 heterocycles. The van der Waals surface area contributed by atoms with Crippen molar-refractivity contribution in [1.29, 1.82) is 0 Å². The van der Waals surface area contributed by atoms with Gasteiger partial charge in [-0.1, -0.05) is 0 Å². The van der Waals surface area contributed by atoms with Crippen LogP contribution in [0.2, 0.25) is 0 Å². The van der Waals surface area contributed by atoms with Gasteiger partial charge >= 0.3 is 0 Å². The Balaban J connectivity index is 2.24. The van der Waals surface area contributed by atoms with Crippen molar-refractivity contribution in [2.24, 2.45) is 0 Å². The summed E-state index contributed by atoms with van der Waals surface area (Å²) in [6.07, 6.45) is -10.5. The molecule has 0 aromatic carbocycles. The Hall–Kier alpha value is -1.80. The van der Waals surface area contributed by atoms with Crippen LogP contribution in [0.1, 0.15) is 6.92 Å². The second-order valence-corrected chi connectivity index (χ2v) is 5.85. The highest BCUT2D eigenvalue weighted by atomic mass is 16.7. The van der Waals surface area contributed by atoms with E-state index in [1.165, 1.54) is 0 Å². The first-order valence-electron chi connectivity index (χ1n) is 7.66. The number of amides is 1. The number of rotatable bonds is 5. The summed E-state index contributed by atoms with van der Waals surface area (Å²) < 4.78 is 15.2. The van der Waals surface area contributed by atoms with Crippen molar-refractivity contribution >= 4 is 11.9 Å². The number of carbonyl (C=O) groups excluding carboxylic acids is 2. The molecule has 12 heteroatoms. The van der Waals surface area contributed by atoms with Crippen LogP contribution in [0.4, 0.5) is 0 Å².